The highest BCUT2D eigenvalue weighted by molar-refractivity contribution is 7.09. The zero-order valence-corrected chi connectivity index (χ0v) is 31.0. The topological polar surface area (TPSA) is 87.1 Å². The van der Waals surface area contributed by atoms with Crippen LogP contribution in [0.5, 0.6) is 0 Å². The standard InChI is InChI=1S/C44H51NO5S/c1-4-50-42(48)45(26-23-37-13-9-27-51-37)30-44(49)25-22-40-38-21-15-32(28-36(46)20-14-31(2)10-8-24-43(40,44)3)29-39(38)41(47)35-18-16-34(17-19-35)33-11-6-5-7-12-33/h5-7,9-13,15-19,21,27,29,36,40,46,49H,4,8,14,20,22-26,28,30H2,1-3H3. The molecule has 1 aromatic heterocycles. The number of carbonyl (C=O) groups is 2. The lowest BCUT2D eigenvalue weighted by molar-refractivity contribution is -0.0807. The SMILES string of the molecule is CCOC(=O)N(CCc1cccs1)CC1(O)CCC2c3ccc(cc3C(=O)c3ccc(-c4ccccc4)cc3)CC(O)CCC(C)=CCCC21C. The Morgan fingerprint density at radius 2 is 1.73 bits per heavy atom. The monoisotopic (exact) mass is 705 g/mol. The van der Waals surface area contributed by atoms with Gasteiger partial charge in [0.25, 0.3) is 0 Å². The number of hydrogen-bond donors (Lipinski definition) is 2. The first-order chi connectivity index (χ1) is 24.6. The zero-order chi connectivity index (χ0) is 36.0. The summed E-state index contributed by atoms with van der Waals surface area (Å²) in [5.41, 5.74) is 4.55. The number of allylic oxidation sites excluding steroid dienone is 2. The van der Waals surface area contributed by atoms with Crippen LogP contribution in [0.3, 0.4) is 0 Å². The first-order valence-corrected chi connectivity index (χ1v) is 19.3. The fourth-order valence-electron chi connectivity index (χ4n) is 8.26. The summed E-state index contributed by atoms with van der Waals surface area (Å²) in [6.07, 6.45) is 6.46. The van der Waals surface area contributed by atoms with Crippen molar-refractivity contribution in [2.45, 2.75) is 89.8 Å². The minimum absolute atomic E-state index is 0.0642. The summed E-state index contributed by atoms with van der Waals surface area (Å²) in [6.45, 7) is 6.93. The van der Waals surface area contributed by atoms with Crippen LogP contribution in [0.4, 0.5) is 4.79 Å². The smallest absolute Gasteiger partial charge is 0.409 e. The number of fused-ring (bicyclic) bond motifs is 8. The van der Waals surface area contributed by atoms with E-state index < -0.39 is 23.2 Å². The van der Waals surface area contributed by atoms with Crippen molar-refractivity contribution in [3.8, 4) is 11.1 Å². The molecule has 1 amide bonds. The molecule has 7 heteroatoms. The number of nitrogens with zero attached hydrogens (tertiary/aromatic N) is 1. The number of aliphatic hydroxyl groups is 2. The van der Waals surface area contributed by atoms with Crippen LogP contribution < -0.4 is 0 Å². The molecule has 4 unspecified atom stereocenters. The molecule has 0 aliphatic heterocycles. The molecule has 4 aromatic rings. The summed E-state index contributed by atoms with van der Waals surface area (Å²) in [5.74, 6) is -0.201. The third kappa shape index (κ3) is 8.22. The van der Waals surface area contributed by atoms with Crippen molar-refractivity contribution in [3.63, 3.8) is 0 Å². The molecule has 0 radical (unpaired) electrons. The highest BCUT2D eigenvalue weighted by Crippen LogP contribution is 2.59. The number of benzene rings is 3. The van der Waals surface area contributed by atoms with E-state index in [2.05, 4.69) is 44.2 Å². The van der Waals surface area contributed by atoms with Gasteiger partial charge >= 0.3 is 6.09 Å². The Kier molecular flexibility index (Phi) is 11.6. The first kappa shape index (κ1) is 36.7. The maximum atomic E-state index is 14.6. The molecule has 1 heterocycles. The van der Waals surface area contributed by atoms with Crippen LogP contribution in [0.2, 0.25) is 0 Å². The lowest BCUT2D eigenvalue weighted by Crippen LogP contribution is -2.54. The highest BCUT2D eigenvalue weighted by Gasteiger charge is 2.57. The van der Waals surface area contributed by atoms with Crippen molar-refractivity contribution in [3.05, 3.63) is 129 Å². The van der Waals surface area contributed by atoms with E-state index in [4.69, 9.17) is 4.74 Å². The van der Waals surface area contributed by atoms with Crippen LogP contribution in [0.1, 0.15) is 97.1 Å². The van der Waals surface area contributed by atoms with Crippen LogP contribution in [-0.2, 0) is 17.6 Å². The maximum Gasteiger partial charge on any atom is 0.409 e. The van der Waals surface area contributed by atoms with Gasteiger partial charge in [-0.3, -0.25) is 4.79 Å². The van der Waals surface area contributed by atoms with Crippen molar-refractivity contribution in [1.29, 1.82) is 0 Å². The predicted octanol–water partition coefficient (Wildman–Crippen LogP) is 9.39. The van der Waals surface area contributed by atoms with Crippen LogP contribution in [-0.4, -0.2) is 58.4 Å². The summed E-state index contributed by atoms with van der Waals surface area (Å²) in [6, 6.07) is 28.1. The van der Waals surface area contributed by atoms with Gasteiger partial charge in [-0.05, 0) is 111 Å². The maximum absolute atomic E-state index is 14.6. The van der Waals surface area contributed by atoms with Gasteiger partial charge in [-0.25, -0.2) is 4.79 Å². The summed E-state index contributed by atoms with van der Waals surface area (Å²) in [4.78, 5) is 30.8. The minimum Gasteiger partial charge on any atom is -0.450 e. The third-order valence-electron chi connectivity index (χ3n) is 11.4. The molecule has 3 aliphatic rings. The Balaban J connectivity index is 1.39. The van der Waals surface area contributed by atoms with Crippen molar-refractivity contribution in [2.75, 3.05) is 19.7 Å². The number of ether oxygens (including phenoxy) is 1. The Labute approximate surface area is 306 Å². The third-order valence-corrected chi connectivity index (χ3v) is 12.3. The number of aliphatic hydroxyl groups excluding tert-OH is 1. The van der Waals surface area contributed by atoms with Gasteiger partial charge < -0.3 is 19.8 Å². The molecule has 6 nitrogen and oxygen atoms in total. The molecule has 0 spiro atoms. The second kappa shape index (κ2) is 16.1. The normalized spacial score (nSPS) is 23.6. The molecule has 3 aromatic carbocycles. The molecule has 1 fully saturated rings. The van der Waals surface area contributed by atoms with E-state index in [1.807, 2.05) is 66.0 Å². The fraction of sp³-hybridized carbons (Fsp3) is 0.409. The van der Waals surface area contributed by atoms with Crippen molar-refractivity contribution in [2.24, 2.45) is 5.41 Å². The van der Waals surface area contributed by atoms with Gasteiger partial charge in [0.15, 0.2) is 5.78 Å². The van der Waals surface area contributed by atoms with Gasteiger partial charge in [0.2, 0.25) is 0 Å². The summed E-state index contributed by atoms with van der Waals surface area (Å²) in [7, 11) is 0. The molecule has 2 bridgehead atoms. The first-order valence-electron chi connectivity index (χ1n) is 18.4. The minimum atomic E-state index is -1.22. The van der Waals surface area contributed by atoms with Crippen LogP contribution in [0.15, 0.2) is 102 Å². The molecule has 7 rings (SSSR count). The predicted molar refractivity (Wildman–Crippen MR) is 205 cm³/mol. The summed E-state index contributed by atoms with van der Waals surface area (Å²) >= 11 is 1.66. The summed E-state index contributed by atoms with van der Waals surface area (Å²) < 4.78 is 5.52. The molecular formula is C44H51NO5S. The Morgan fingerprint density at radius 3 is 2.45 bits per heavy atom. The second-order valence-corrected chi connectivity index (χ2v) is 15.7. The van der Waals surface area contributed by atoms with Crippen molar-refractivity contribution >= 4 is 23.2 Å². The Morgan fingerprint density at radius 1 is 0.961 bits per heavy atom. The number of carbonyl (C=O) groups excluding carboxylic acids is 2. The number of thiophene rings is 1. The van der Waals surface area contributed by atoms with Gasteiger partial charge in [0.1, 0.15) is 0 Å². The molecular weight excluding hydrogens is 655 g/mol. The van der Waals surface area contributed by atoms with E-state index in [-0.39, 0.29) is 24.9 Å². The van der Waals surface area contributed by atoms with Crippen molar-refractivity contribution < 1.29 is 24.5 Å². The van der Waals surface area contributed by atoms with E-state index in [0.717, 1.165) is 35.1 Å². The molecule has 268 valence electrons. The van der Waals surface area contributed by atoms with E-state index in [1.54, 1.807) is 23.2 Å². The van der Waals surface area contributed by atoms with E-state index >= 15 is 0 Å². The van der Waals surface area contributed by atoms with Crippen LogP contribution in [0, 0.1) is 5.41 Å². The largest absolute Gasteiger partial charge is 0.450 e. The van der Waals surface area contributed by atoms with Gasteiger partial charge in [-0.2, -0.15) is 0 Å². The highest BCUT2D eigenvalue weighted by atomic mass is 32.1. The van der Waals surface area contributed by atoms with Crippen LogP contribution in [0.25, 0.3) is 11.1 Å². The fourth-order valence-corrected chi connectivity index (χ4v) is 8.96. The second-order valence-electron chi connectivity index (χ2n) is 14.7. The van der Waals surface area contributed by atoms with Gasteiger partial charge in [-0.1, -0.05) is 91.4 Å². The average Bonchev–Trinajstić information content (AvgIpc) is 3.75. The number of rotatable bonds is 9. The molecule has 3 aliphatic carbocycles. The number of ketones is 1. The Bertz CT molecular complexity index is 1820. The van der Waals surface area contributed by atoms with Gasteiger partial charge in [-0.15, -0.1) is 11.3 Å². The van der Waals surface area contributed by atoms with Gasteiger partial charge in [0, 0.05) is 28.0 Å². The lowest BCUT2D eigenvalue weighted by Gasteiger charge is -2.46. The van der Waals surface area contributed by atoms with Gasteiger partial charge in [0.05, 0.1) is 24.9 Å². The van der Waals surface area contributed by atoms with E-state index in [0.29, 0.717) is 56.2 Å². The molecule has 2 N–H and O–H groups in total. The molecule has 4 atom stereocenters. The summed E-state index contributed by atoms with van der Waals surface area (Å²) in [5, 5.41) is 25.9. The molecule has 51 heavy (non-hydrogen) atoms. The molecule has 0 saturated heterocycles. The lowest BCUT2D eigenvalue weighted by atomic mass is 9.64. The zero-order valence-electron chi connectivity index (χ0n) is 30.1. The van der Waals surface area contributed by atoms with Crippen LogP contribution >= 0.6 is 11.3 Å². The number of amides is 1. The molecule has 1 saturated carbocycles. The quantitative estimate of drug-likeness (QED) is 0.134. The van der Waals surface area contributed by atoms with E-state index in [1.165, 1.54) is 10.5 Å². The van der Waals surface area contributed by atoms with E-state index in [9.17, 15) is 19.8 Å². The van der Waals surface area contributed by atoms with Crippen molar-refractivity contribution in [1.82, 2.24) is 4.90 Å². The number of hydrogen-bond acceptors (Lipinski definition) is 6. The average molecular weight is 706 g/mol. The Hall–Kier alpha value is -4.04.